The molecule has 4 aromatic rings. The Morgan fingerprint density at radius 1 is 1.12 bits per heavy atom. The highest BCUT2D eigenvalue weighted by molar-refractivity contribution is 5.78. The van der Waals surface area contributed by atoms with E-state index >= 15 is 0 Å². The van der Waals surface area contributed by atoms with Crippen LogP contribution in [-0.2, 0) is 0 Å². The molecule has 7 heteroatoms. The number of anilines is 1. The van der Waals surface area contributed by atoms with Crippen molar-refractivity contribution in [1.29, 1.82) is 5.26 Å². The Balaban J connectivity index is 1.95. The summed E-state index contributed by atoms with van der Waals surface area (Å²) >= 11 is 0. The maximum absolute atomic E-state index is 9.56. The first-order valence-electron chi connectivity index (χ1n) is 7.57. The van der Waals surface area contributed by atoms with Gasteiger partial charge in [-0.1, -0.05) is 0 Å². The van der Waals surface area contributed by atoms with Crippen molar-refractivity contribution in [3.8, 4) is 34.7 Å². The number of nitrogens with one attached hydrogen (secondary N) is 1. The first kappa shape index (κ1) is 14.7. The Morgan fingerprint density at radius 3 is 2.68 bits per heavy atom. The molecule has 4 rings (SSSR count). The number of aromatic amines is 1. The lowest BCUT2D eigenvalue weighted by atomic mass is 10.0. The summed E-state index contributed by atoms with van der Waals surface area (Å²) in [6.45, 7) is 0. The van der Waals surface area contributed by atoms with Crippen LogP contribution >= 0.6 is 0 Å². The van der Waals surface area contributed by atoms with E-state index in [1.165, 1.54) is 0 Å². The van der Waals surface area contributed by atoms with Gasteiger partial charge in [-0.05, 0) is 36.4 Å². The number of nitrogens with zero attached hydrogens (tertiary/aromatic N) is 5. The number of pyridine rings is 1. The van der Waals surface area contributed by atoms with Crippen molar-refractivity contribution in [2.24, 2.45) is 0 Å². The van der Waals surface area contributed by atoms with Gasteiger partial charge in [-0.25, -0.2) is 15.0 Å². The van der Waals surface area contributed by atoms with Gasteiger partial charge in [0.25, 0.3) is 0 Å². The minimum atomic E-state index is 0.186. The van der Waals surface area contributed by atoms with Crippen LogP contribution in [0.4, 0.5) is 5.82 Å². The molecule has 0 fully saturated rings. The number of hydrogen-bond donors (Lipinski definition) is 2. The van der Waals surface area contributed by atoms with Crippen LogP contribution < -0.4 is 5.73 Å². The summed E-state index contributed by atoms with van der Waals surface area (Å²) in [6, 6.07) is 13.3. The fraction of sp³-hybridized carbons (Fsp3) is 0. The van der Waals surface area contributed by atoms with E-state index in [1.807, 2.05) is 47.3 Å². The average molecular weight is 327 g/mol. The molecule has 3 N–H and O–H groups in total. The lowest BCUT2D eigenvalue weighted by Gasteiger charge is -2.11. The van der Waals surface area contributed by atoms with Crippen molar-refractivity contribution in [1.82, 2.24) is 24.5 Å². The molecule has 7 nitrogen and oxygen atoms in total. The van der Waals surface area contributed by atoms with Gasteiger partial charge in [0, 0.05) is 30.4 Å². The summed E-state index contributed by atoms with van der Waals surface area (Å²) in [5.74, 6) is 0.703. The number of H-pyrrole nitrogens is 1. The average Bonchev–Trinajstić information content (AvgIpc) is 3.33. The molecule has 0 aliphatic heterocycles. The monoisotopic (exact) mass is 327 g/mol. The van der Waals surface area contributed by atoms with E-state index in [0.717, 1.165) is 11.4 Å². The van der Waals surface area contributed by atoms with Gasteiger partial charge in [0.15, 0.2) is 0 Å². The molecule has 0 atom stereocenters. The quantitative estimate of drug-likeness (QED) is 0.601. The topological polar surface area (TPSA) is 109 Å². The summed E-state index contributed by atoms with van der Waals surface area (Å²) in [7, 11) is 0. The molecule has 0 bridgehead atoms. The molecule has 120 valence electrons. The highest BCUT2D eigenvalue weighted by atomic mass is 15.1. The van der Waals surface area contributed by atoms with Crippen molar-refractivity contribution in [2.75, 3.05) is 5.73 Å². The Kier molecular flexibility index (Phi) is 3.48. The van der Waals surface area contributed by atoms with Gasteiger partial charge in [0.2, 0.25) is 5.95 Å². The molecule has 0 radical (unpaired) electrons. The van der Waals surface area contributed by atoms with Crippen LogP contribution in [0.3, 0.4) is 0 Å². The molecule has 0 spiro atoms. The maximum Gasteiger partial charge on any atom is 0.234 e. The van der Waals surface area contributed by atoms with Crippen molar-refractivity contribution in [2.45, 2.75) is 0 Å². The third-order valence-corrected chi connectivity index (χ3v) is 3.83. The van der Waals surface area contributed by atoms with E-state index in [9.17, 15) is 5.26 Å². The standard InChI is InChI=1S/C18H13N7/c19-11-13-12(10-15(24-17(13)20)14-4-1-6-21-14)16-5-2-9-25(16)18-22-7-3-8-23-18/h1-10,21H,(H2,20,24). The predicted molar refractivity (Wildman–Crippen MR) is 93.5 cm³/mol. The molecule has 4 heterocycles. The van der Waals surface area contributed by atoms with Gasteiger partial charge in [-0.2, -0.15) is 5.26 Å². The third-order valence-electron chi connectivity index (χ3n) is 3.83. The summed E-state index contributed by atoms with van der Waals surface area (Å²) in [5, 5.41) is 9.56. The van der Waals surface area contributed by atoms with E-state index in [-0.39, 0.29) is 5.82 Å². The van der Waals surface area contributed by atoms with Gasteiger partial charge in [0.05, 0.1) is 17.1 Å². The molecule has 25 heavy (non-hydrogen) atoms. The summed E-state index contributed by atoms with van der Waals surface area (Å²) < 4.78 is 1.81. The van der Waals surface area contributed by atoms with E-state index in [1.54, 1.807) is 18.5 Å². The van der Waals surface area contributed by atoms with Gasteiger partial charge in [-0.15, -0.1) is 0 Å². The maximum atomic E-state index is 9.56. The first-order chi connectivity index (χ1) is 12.3. The van der Waals surface area contributed by atoms with Crippen LogP contribution in [0.1, 0.15) is 5.56 Å². The van der Waals surface area contributed by atoms with Crippen LogP contribution in [0.25, 0.3) is 28.6 Å². The van der Waals surface area contributed by atoms with Crippen molar-refractivity contribution >= 4 is 5.82 Å². The number of aromatic nitrogens is 5. The highest BCUT2D eigenvalue weighted by Gasteiger charge is 2.17. The fourth-order valence-electron chi connectivity index (χ4n) is 2.70. The largest absolute Gasteiger partial charge is 0.383 e. The van der Waals surface area contributed by atoms with E-state index in [4.69, 9.17) is 5.73 Å². The zero-order valence-corrected chi connectivity index (χ0v) is 13.1. The molecule has 0 aromatic carbocycles. The number of hydrogen-bond acceptors (Lipinski definition) is 5. The second-order valence-electron chi connectivity index (χ2n) is 5.32. The van der Waals surface area contributed by atoms with Crippen molar-refractivity contribution < 1.29 is 0 Å². The normalized spacial score (nSPS) is 10.5. The molecule has 0 saturated carbocycles. The number of nitrogens with two attached hydrogens (primary N) is 1. The number of nitriles is 1. The number of rotatable bonds is 3. The zero-order valence-electron chi connectivity index (χ0n) is 13.1. The van der Waals surface area contributed by atoms with Crippen LogP contribution in [0.2, 0.25) is 0 Å². The Hall–Kier alpha value is -3.92. The minimum absolute atomic E-state index is 0.186. The van der Waals surface area contributed by atoms with E-state index in [2.05, 4.69) is 26.0 Å². The van der Waals surface area contributed by atoms with Gasteiger partial charge in [-0.3, -0.25) is 4.57 Å². The molecule has 0 saturated heterocycles. The van der Waals surface area contributed by atoms with E-state index < -0.39 is 0 Å². The second-order valence-corrected chi connectivity index (χ2v) is 5.32. The third kappa shape index (κ3) is 2.52. The molecular weight excluding hydrogens is 314 g/mol. The van der Waals surface area contributed by atoms with Crippen LogP contribution in [-0.4, -0.2) is 24.5 Å². The second kappa shape index (κ2) is 5.94. The Bertz CT molecular complexity index is 1060. The lowest BCUT2D eigenvalue weighted by Crippen LogP contribution is -2.04. The van der Waals surface area contributed by atoms with Crippen LogP contribution in [0.5, 0.6) is 0 Å². The summed E-state index contributed by atoms with van der Waals surface area (Å²) in [4.78, 5) is 16.0. The first-order valence-corrected chi connectivity index (χ1v) is 7.57. The molecule has 0 unspecified atom stereocenters. The molecule has 4 aromatic heterocycles. The summed E-state index contributed by atoms with van der Waals surface area (Å²) in [5.41, 5.74) is 9.31. The highest BCUT2D eigenvalue weighted by Crippen LogP contribution is 2.31. The Morgan fingerprint density at radius 2 is 1.96 bits per heavy atom. The van der Waals surface area contributed by atoms with Crippen LogP contribution in [0.15, 0.2) is 61.2 Å². The zero-order chi connectivity index (χ0) is 17.2. The van der Waals surface area contributed by atoms with Gasteiger partial charge in [0.1, 0.15) is 17.5 Å². The Labute approximate surface area is 143 Å². The number of nitrogen functional groups attached to an aromatic ring is 1. The lowest BCUT2D eigenvalue weighted by molar-refractivity contribution is 0.941. The van der Waals surface area contributed by atoms with Crippen molar-refractivity contribution in [3.63, 3.8) is 0 Å². The molecular formula is C18H13N7. The molecule has 0 amide bonds. The van der Waals surface area contributed by atoms with E-state index in [0.29, 0.717) is 22.8 Å². The van der Waals surface area contributed by atoms with Gasteiger partial charge < -0.3 is 10.7 Å². The molecule has 0 aliphatic rings. The SMILES string of the molecule is N#Cc1c(-c2cccn2-c2ncccn2)cc(-c2ccc[nH]2)nc1N. The van der Waals surface area contributed by atoms with Crippen molar-refractivity contribution in [3.05, 3.63) is 66.7 Å². The fourth-order valence-corrected chi connectivity index (χ4v) is 2.70. The predicted octanol–water partition coefficient (Wildman–Crippen LogP) is 2.78. The minimum Gasteiger partial charge on any atom is -0.383 e. The smallest absolute Gasteiger partial charge is 0.234 e. The summed E-state index contributed by atoms with van der Waals surface area (Å²) in [6.07, 6.45) is 6.99. The van der Waals surface area contributed by atoms with Gasteiger partial charge >= 0.3 is 0 Å². The molecule has 0 aliphatic carbocycles. The van der Waals surface area contributed by atoms with Crippen LogP contribution in [0, 0.1) is 11.3 Å².